The average molecular weight is 472 g/mol. The van der Waals surface area contributed by atoms with E-state index in [-0.39, 0.29) is 12.6 Å². The van der Waals surface area contributed by atoms with E-state index >= 15 is 0 Å². The second kappa shape index (κ2) is 7.59. The van der Waals surface area contributed by atoms with Crippen molar-refractivity contribution in [2.24, 2.45) is 5.73 Å². The van der Waals surface area contributed by atoms with Gasteiger partial charge in [0.25, 0.3) is 0 Å². The van der Waals surface area contributed by atoms with Crippen LogP contribution in [0.25, 0.3) is 33.2 Å². The van der Waals surface area contributed by atoms with Crippen molar-refractivity contribution in [3.05, 3.63) is 34.7 Å². The molecule has 2 bridgehead atoms. The molecule has 2 aliphatic rings. The second-order valence-corrected chi connectivity index (χ2v) is 9.45. The monoisotopic (exact) mass is 471 g/mol. The molecule has 1 aromatic carbocycles. The Balaban J connectivity index is 1.41. The van der Waals surface area contributed by atoms with Gasteiger partial charge in [-0.15, -0.1) is 0 Å². The summed E-state index contributed by atoms with van der Waals surface area (Å²) < 4.78 is 1.56. The third-order valence-electron chi connectivity index (χ3n) is 6.79. The Morgan fingerprint density at radius 1 is 1.16 bits per heavy atom. The van der Waals surface area contributed by atoms with Crippen LogP contribution < -0.4 is 10.6 Å². The Labute approximate surface area is 194 Å². The molecule has 8 nitrogen and oxygen atoms in total. The summed E-state index contributed by atoms with van der Waals surface area (Å²) in [5, 5.41) is 15.3. The molecular weight excluding hydrogens is 449 g/mol. The molecule has 3 atom stereocenters. The summed E-state index contributed by atoms with van der Waals surface area (Å²) in [6.45, 7) is 0.257. The van der Waals surface area contributed by atoms with Crippen LogP contribution in [0, 0.1) is 0 Å². The minimum Gasteiger partial charge on any atom is -0.394 e. The normalized spacial score (nSPS) is 23.0. The summed E-state index contributed by atoms with van der Waals surface area (Å²) in [6, 6.07) is 4.97. The van der Waals surface area contributed by atoms with Gasteiger partial charge < -0.3 is 20.7 Å². The Bertz CT molecular complexity index is 1320. The fraction of sp³-hybridized carbons (Fsp3) is 0.409. The molecule has 2 aliphatic heterocycles. The number of aromatic nitrogens is 5. The third kappa shape index (κ3) is 3.01. The first-order chi connectivity index (χ1) is 15.5. The van der Waals surface area contributed by atoms with E-state index in [0.29, 0.717) is 39.7 Å². The number of rotatable bonds is 4. The van der Waals surface area contributed by atoms with Gasteiger partial charge in [0.15, 0.2) is 5.65 Å². The number of fused-ring (bicyclic) bond motifs is 4. The van der Waals surface area contributed by atoms with E-state index in [4.69, 9.17) is 38.9 Å². The molecule has 4 N–H and O–H groups in total. The second-order valence-electron chi connectivity index (χ2n) is 8.71. The Hall–Kier alpha value is -2.39. The first-order valence-electron chi connectivity index (χ1n) is 10.9. The molecule has 1 unspecified atom stereocenters. The van der Waals surface area contributed by atoms with Crippen LogP contribution in [0.2, 0.25) is 10.2 Å². The quantitative estimate of drug-likeness (QED) is 0.418. The van der Waals surface area contributed by atoms with Crippen LogP contribution in [0.4, 0.5) is 5.82 Å². The van der Waals surface area contributed by atoms with Gasteiger partial charge in [0, 0.05) is 35.4 Å². The number of piperidine rings is 1. The molecule has 0 aliphatic carbocycles. The Kier molecular flexibility index (Phi) is 4.80. The molecule has 0 spiro atoms. The van der Waals surface area contributed by atoms with Crippen molar-refractivity contribution in [2.75, 3.05) is 11.5 Å². The van der Waals surface area contributed by atoms with Crippen molar-refractivity contribution in [1.29, 1.82) is 0 Å². The molecule has 32 heavy (non-hydrogen) atoms. The molecule has 0 saturated carbocycles. The van der Waals surface area contributed by atoms with E-state index in [1.54, 1.807) is 4.68 Å². The third-order valence-corrected chi connectivity index (χ3v) is 7.56. The summed E-state index contributed by atoms with van der Waals surface area (Å²) in [4.78, 5) is 15.4. The maximum absolute atomic E-state index is 9.25. The van der Waals surface area contributed by atoms with E-state index in [1.807, 2.05) is 24.5 Å². The minimum absolute atomic E-state index is 0.0524. The van der Waals surface area contributed by atoms with E-state index in [0.717, 1.165) is 53.8 Å². The van der Waals surface area contributed by atoms with Gasteiger partial charge in [-0.25, -0.2) is 9.97 Å². The van der Waals surface area contributed by atoms with Gasteiger partial charge in [0.05, 0.1) is 35.3 Å². The highest BCUT2D eigenvalue weighted by Crippen LogP contribution is 2.41. The predicted octanol–water partition coefficient (Wildman–Crippen LogP) is 3.73. The van der Waals surface area contributed by atoms with Crippen molar-refractivity contribution >= 4 is 51.1 Å². The van der Waals surface area contributed by atoms with Crippen molar-refractivity contribution in [2.45, 2.75) is 50.4 Å². The van der Waals surface area contributed by atoms with Crippen LogP contribution in [-0.4, -0.2) is 54.6 Å². The Morgan fingerprint density at radius 2 is 1.94 bits per heavy atom. The number of nitrogens with two attached hydrogens (primary N) is 1. The lowest BCUT2D eigenvalue weighted by Crippen LogP contribution is -2.47. The first kappa shape index (κ1) is 20.2. The number of aliphatic hydroxyl groups excluding tert-OH is 1. The standard InChI is InChI=1S/C22H23Cl2N7O/c23-19-14(3-4-16-18(19)21(24)30(29-16)5-6-32)15-9-27-22-20(15)26-10-17(28-22)31-12-1-2-13(31)8-11(25)7-12/h3-4,9-13,32H,1-2,5-8,25H2,(H,27,28)/t11?,12-,13+. The zero-order valence-corrected chi connectivity index (χ0v) is 18.8. The van der Waals surface area contributed by atoms with E-state index < -0.39 is 0 Å². The molecular formula is C22H23Cl2N7O. The average Bonchev–Trinajstić information content (AvgIpc) is 3.41. The minimum atomic E-state index is -0.0524. The molecule has 2 fully saturated rings. The molecule has 4 aromatic rings. The SMILES string of the molecule is NC1C[C@H]2CC[C@@H](C1)N2c1cnc2c(-c3ccc4nn(CCO)c(Cl)c4c3Cl)c[nH]c2n1. The lowest BCUT2D eigenvalue weighted by Gasteiger charge is -2.38. The largest absolute Gasteiger partial charge is 0.394 e. The summed E-state index contributed by atoms with van der Waals surface area (Å²) in [7, 11) is 0. The molecule has 6 rings (SSSR count). The predicted molar refractivity (Wildman–Crippen MR) is 126 cm³/mol. The highest BCUT2D eigenvalue weighted by molar-refractivity contribution is 6.43. The number of anilines is 1. The van der Waals surface area contributed by atoms with Gasteiger partial charge >= 0.3 is 0 Å². The number of nitrogens with one attached hydrogen (secondary N) is 1. The van der Waals surface area contributed by atoms with Crippen LogP contribution in [0.1, 0.15) is 25.7 Å². The van der Waals surface area contributed by atoms with E-state index in [2.05, 4.69) is 15.0 Å². The fourth-order valence-electron chi connectivity index (χ4n) is 5.41. The number of aromatic amines is 1. The van der Waals surface area contributed by atoms with Crippen LogP contribution in [0.15, 0.2) is 24.5 Å². The maximum atomic E-state index is 9.25. The van der Waals surface area contributed by atoms with Crippen molar-refractivity contribution < 1.29 is 5.11 Å². The summed E-state index contributed by atoms with van der Waals surface area (Å²) in [6.07, 6.45) is 8.08. The summed E-state index contributed by atoms with van der Waals surface area (Å²) in [5.41, 5.74) is 10.1. The van der Waals surface area contributed by atoms with Gasteiger partial charge in [0.1, 0.15) is 16.5 Å². The maximum Gasteiger partial charge on any atom is 0.159 e. The molecule has 0 radical (unpaired) electrons. The highest BCUT2D eigenvalue weighted by atomic mass is 35.5. The summed E-state index contributed by atoms with van der Waals surface area (Å²) >= 11 is 13.3. The number of hydrogen-bond acceptors (Lipinski definition) is 6. The number of H-pyrrole nitrogens is 1. The number of nitrogens with zero attached hydrogens (tertiary/aromatic N) is 5. The van der Waals surface area contributed by atoms with E-state index in [9.17, 15) is 5.11 Å². The molecule has 166 valence electrons. The van der Waals surface area contributed by atoms with E-state index in [1.165, 1.54) is 0 Å². The molecule has 2 saturated heterocycles. The fourth-order valence-corrected chi connectivity index (χ4v) is 6.12. The van der Waals surface area contributed by atoms with Gasteiger partial charge in [-0.1, -0.05) is 29.3 Å². The smallest absolute Gasteiger partial charge is 0.159 e. The first-order valence-corrected chi connectivity index (χ1v) is 11.6. The van der Waals surface area contributed by atoms with Gasteiger partial charge in [-0.2, -0.15) is 5.10 Å². The van der Waals surface area contributed by atoms with Gasteiger partial charge in [0.2, 0.25) is 0 Å². The van der Waals surface area contributed by atoms with Crippen molar-refractivity contribution in [1.82, 2.24) is 24.7 Å². The summed E-state index contributed by atoms with van der Waals surface area (Å²) in [5.74, 6) is 0.903. The van der Waals surface area contributed by atoms with Crippen LogP contribution in [-0.2, 0) is 6.54 Å². The Morgan fingerprint density at radius 3 is 2.69 bits per heavy atom. The lowest BCUT2D eigenvalue weighted by molar-refractivity contribution is 0.270. The van der Waals surface area contributed by atoms with Crippen LogP contribution in [0.3, 0.4) is 0 Å². The van der Waals surface area contributed by atoms with Crippen LogP contribution >= 0.6 is 23.2 Å². The van der Waals surface area contributed by atoms with Crippen molar-refractivity contribution in [3.8, 4) is 11.1 Å². The number of halogens is 2. The van der Waals surface area contributed by atoms with Gasteiger partial charge in [-0.3, -0.25) is 4.68 Å². The lowest BCUT2D eigenvalue weighted by atomic mass is 9.98. The van der Waals surface area contributed by atoms with Gasteiger partial charge in [-0.05, 0) is 31.7 Å². The topological polar surface area (TPSA) is 109 Å². The molecule has 10 heteroatoms. The molecule has 0 amide bonds. The number of benzene rings is 1. The van der Waals surface area contributed by atoms with Crippen molar-refractivity contribution in [3.63, 3.8) is 0 Å². The zero-order chi connectivity index (χ0) is 22.0. The molecule has 5 heterocycles. The highest BCUT2D eigenvalue weighted by Gasteiger charge is 2.40. The van der Waals surface area contributed by atoms with Crippen LogP contribution in [0.5, 0.6) is 0 Å². The molecule has 3 aromatic heterocycles. The zero-order valence-electron chi connectivity index (χ0n) is 17.3. The number of aliphatic hydroxyl groups is 1. The number of hydrogen-bond donors (Lipinski definition) is 3.